The van der Waals surface area contributed by atoms with Crippen LogP contribution >= 0.6 is 0 Å². The molecule has 0 unspecified atom stereocenters. The molecule has 17 heavy (non-hydrogen) atoms. The topological polar surface area (TPSA) is 42.1 Å². The molecule has 1 aliphatic carbocycles. The summed E-state index contributed by atoms with van der Waals surface area (Å²) < 4.78 is 37.4. The highest BCUT2D eigenvalue weighted by molar-refractivity contribution is 5.49. The molecular weight excluding hydrogens is 231 g/mol. The maximum absolute atomic E-state index is 12.5. The van der Waals surface area contributed by atoms with Gasteiger partial charge in [0.1, 0.15) is 6.54 Å². The van der Waals surface area contributed by atoms with Gasteiger partial charge in [0.25, 0.3) is 0 Å². The molecule has 0 aliphatic heterocycles. The van der Waals surface area contributed by atoms with E-state index in [1.54, 1.807) is 12.1 Å². The van der Waals surface area contributed by atoms with Gasteiger partial charge in [-0.2, -0.15) is 13.2 Å². The van der Waals surface area contributed by atoms with Crippen LogP contribution in [0.2, 0.25) is 0 Å². The molecule has 0 atom stereocenters. The lowest BCUT2D eigenvalue weighted by Crippen LogP contribution is -2.36. The fraction of sp³-hybridized carbons (Fsp3) is 0.545. The van der Waals surface area contributed by atoms with Crippen molar-refractivity contribution < 1.29 is 13.2 Å². The van der Waals surface area contributed by atoms with E-state index < -0.39 is 12.7 Å². The average Bonchev–Trinajstić information content (AvgIpc) is 3.09. The molecule has 0 amide bonds. The van der Waals surface area contributed by atoms with E-state index in [1.807, 2.05) is 0 Å². The van der Waals surface area contributed by atoms with E-state index in [1.165, 1.54) is 11.1 Å². The highest BCUT2D eigenvalue weighted by atomic mass is 19.4. The van der Waals surface area contributed by atoms with Gasteiger partial charge in [-0.05, 0) is 25.0 Å². The van der Waals surface area contributed by atoms with Gasteiger partial charge in [0.2, 0.25) is 0 Å². The zero-order valence-corrected chi connectivity index (χ0v) is 9.24. The Morgan fingerprint density at radius 2 is 2.12 bits per heavy atom. The maximum atomic E-state index is 12.5. The number of anilines is 1. The second-order valence-corrected chi connectivity index (χ2v) is 4.18. The Morgan fingerprint density at radius 3 is 2.65 bits per heavy atom. The predicted molar refractivity (Wildman–Crippen MR) is 58.6 cm³/mol. The summed E-state index contributed by atoms with van der Waals surface area (Å²) in [6, 6.07) is 3.23. The molecule has 2 N–H and O–H groups in total. The van der Waals surface area contributed by atoms with Gasteiger partial charge in [0, 0.05) is 24.5 Å². The first-order valence-electron chi connectivity index (χ1n) is 5.48. The lowest BCUT2D eigenvalue weighted by Gasteiger charge is -2.26. The Bertz CT molecular complexity index is 388. The zero-order chi connectivity index (χ0) is 12.5. The number of aromatic nitrogens is 1. The van der Waals surface area contributed by atoms with Gasteiger partial charge in [-0.25, -0.2) is 0 Å². The van der Waals surface area contributed by atoms with E-state index in [-0.39, 0.29) is 12.6 Å². The molecular formula is C11H14F3N3. The Labute approximate surface area is 97.4 Å². The van der Waals surface area contributed by atoms with Crippen LogP contribution in [-0.4, -0.2) is 23.7 Å². The molecule has 1 fully saturated rings. The van der Waals surface area contributed by atoms with Gasteiger partial charge >= 0.3 is 6.18 Å². The van der Waals surface area contributed by atoms with E-state index in [9.17, 15) is 13.2 Å². The van der Waals surface area contributed by atoms with Gasteiger partial charge in [0.15, 0.2) is 0 Å². The van der Waals surface area contributed by atoms with Crippen molar-refractivity contribution in [2.24, 2.45) is 5.73 Å². The fourth-order valence-electron chi connectivity index (χ4n) is 1.77. The van der Waals surface area contributed by atoms with Crippen LogP contribution in [0.25, 0.3) is 0 Å². The largest absolute Gasteiger partial charge is 0.405 e. The lowest BCUT2D eigenvalue weighted by molar-refractivity contribution is -0.120. The van der Waals surface area contributed by atoms with Crippen molar-refractivity contribution in [3.8, 4) is 0 Å². The minimum absolute atomic E-state index is 0.00431. The first kappa shape index (κ1) is 12.2. The maximum Gasteiger partial charge on any atom is 0.405 e. The van der Waals surface area contributed by atoms with Gasteiger partial charge in [-0.15, -0.1) is 0 Å². The second-order valence-electron chi connectivity index (χ2n) is 4.18. The number of halogens is 3. The van der Waals surface area contributed by atoms with Crippen molar-refractivity contribution in [2.45, 2.75) is 31.6 Å². The molecule has 1 aromatic rings. The normalized spacial score (nSPS) is 16.0. The number of pyridine rings is 1. The molecule has 6 heteroatoms. The number of nitrogens with two attached hydrogens (primary N) is 1. The summed E-state index contributed by atoms with van der Waals surface area (Å²) in [4.78, 5) is 5.37. The standard InChI is InChI=1S/C11H14F3N3/c12-11(13,14)7-17(9-1-2-9)10-3-4-16-8(5-10)6-15/h3-5,9H,1-2,6-7,15H2. The molecule has 1 aliphatic rings. The molecule has 2 rings (SSSR count). The molecule has 0 bridgehead atoms. The highest BCUT2D eigenvalue weighted by Gasteiger charge is 2.38. The molecule has 1 heterocycles. The molecule has 94 valence electrons. The Kier molecular flexibility index (Phi) is 3.24. The van der Waals surface area contributed by atoms with Crippen LogP contribution in [0.15, 0.2) is 18.3 Å². The first-order valence-corrected chi connectivity index (χ1v) is 5.48. The molecule has 3 nitrogen and oxygen atoms in total. The third-order valence-corrected chi connectivity index (χ3v) is 2.68. The summed E-state index contributed by atoms with van der Waals surface area (Å²) in [6.45, 7) is -0.677. The van der Waals surface area contributed by atoms with E-state index >= 15 is 0 Å². The summed E-state index contributed by atoms with van der Waals surface area (Å²) in [5, 5.41) is 0. The van der Waals surface area contributed by atoms with Gasteiger partial charge < -0.3 is 10.6 Å². The van der Waals surface area contributed by atoms with Gasteiger partial charge in [-0.3, -0.25) is 4.98 Å². The molecule has 0 aromatic carbocycles. The van der Waals surface area contributed by atoms with Gasteiger partial charge in [0.05, 0.1) is 5.69 Å². The van der Waals surface area contributed by atoms with Gasteiger partial charge in [-0.1, -0.05) is 0 Å². The summed E-state index contributed by atoms with van der Waals surface area (Å²) in [7, 11) is 0. The molecule has 0 spiro atoms. The quantitative estimate of drug-likeness (QED) is 0.883. The van der Waals surface area contributed by atoms with Crippen molar-refractivity contribution in [2.75, 3.05) is 11.4 Å². The summed E-state index contributed by atoms with van der Waals surface area (Å²) >= 11 is 0. The van der Waals surface area contributed by atoms with Crippen LogP contribution in [0.4, 0.5) is 18.9 Å². The SMILES string of the molecule is NCc1cc(N(CC(F)(F)F)C2CC2)ccn1. The third kappa shape index (κ3) is 3.33. The van der Waals surface area contributed by atoms with Crippen molar-refractivity contribution in [1.82, 2.24) is 4.98 Å². The smallest absolute Gasteiger partial charge is 0.359 e. The second kappa shape index (κ2) is 4.52. The number of alkyl halides is 3. The van der Waals surface area contributed by atoms with E-state index in [2.05, 4.69) is 4.98 Å². The predicted octanol–water partition coefficient (Wildman–Crippen LogP) is 2.07. The van der Waals surface area contributed by atoms with Crippen molar-refractivity contribution in [3.63, 3.8) is 0 Å². The average molecular weight is 245 g/mol. The minimum Gasteiger partial charge on any atom is -0.359 e. The summed E-state index contributed by atoms with van der Waals surface area (Å²) in [6.07, 6.45) is -1.05. The molecule has 0 saturated heterocycles. The van der Waals surface area contributed by atoms with Crippen molar-refractivity contribution in [1.29, 1.82) is 0 Å². The highest BCUT2D eigenvalue weighted by Crippen LogP contribution is 2.34. The van der Waals surface area contributed by atoms with Crippen LogP contribution in [0, 0.1) is 0 Å². The number of rotatable bonds is 4. The lowest BCUT2D eigenvalue weighted by atomic mass is 10.2. The van der Waals surface area contributed by atoms with Crippen molar-refractivity contribution in [3.05, 3.63) is 24.0 Å². The van der Waals surface area contributed by atoms with Crippen LogP contribution in [-0.2, 0) is 6.54 Å². The summed E-state index contributed by atoms with van der Waals surface area (Å²) in [5.74, 6) is 0. The fourth-order valence-corrected chi connectivity index (χ4v) is 1.77. The molecule has 1 aromatic heterocycles. The van der Waals surface area contributed by atoms with E-state index in [0.29, 0.717) is 11.4 Å². The van der Waals surface area contributed by atoms with Crippen LogP contribution < -0.4 is 10.6 Å². The van der Waals surface area contributed by atoms with Crippen LogP contribution in [0.5, 0.6) is 0 Å². The van der Waals surface area contributed by atoms with E-state index in [4.69, 9.17) is 5.73 Å². The van der Waals surface area contributed by atoms with Crippen molar-refractivity contribution >= 4 is 5.69 Å². The zero-order valence-electron chi connectivity index (χ0n) is 9.24. The summed E-state index contributed by atoms with van der Waals surface area (Å²) in [5.41, 5.74) is 6.60. The Hall–Kier alpha value is -1.30. The molecule has 0 radical (unpaired) electrons. The Balaban J connectivity index is 2.19. The third-order valence-electron chi connectivity index (χ3n) is 2.68. The first-order chi connectivity index (χ1) is 7.99. The Morgan fingerprint density at radius 1 is 1.41 bits per heavy atom. The minimum atomic E-state index is -4.19. The number of hydrogen-bond donors (Lipinski definition) is 1. The van der Waals surface area contributed by atoms with Crippen LogP contribution in [0.1, 0.15) is 18.5 Å². The number of nitrogens with zero attached hydrogens (tertiary/aromatic N) is 2. The molecule has 1 saturated carbocycles. The van der Waals surface area contributed by atoms with E-state index in [0.717, 1.165) is 12.8 Å². The monoisotopic (exact) mass is 245 g/mol. The van der Waals surface area contributed by atoms with Crippen LogP contribution in [0.3, 0.4) is 0 Å². The number of hydrogen-bond acceptors (Lipinski definition) is 3.